The summed E-state index contributed by atoms with van der Waals surface area (Å²) in [6.07, 6.45) is 2.59. The van der Waals surface area contributed by atoms with Crippen molar-refractivity contribution in [3.05, 3.63) is 40.3 Å². The summed E-state index contributed by atoms with van der Waals surface area (Å²) in [6.45, 7) is 4.67. The van der Waals surface area contributed by atoms with E-state index in [-0.39, 0.29) is 22.6 Å². The Morgan fingerprint density at radius 2 is 1.69 bits per heavy atom. The molecule has 1 N–H and O–H groups in total. The van der Waals surface area contributed by atoms with E-state index < -0.39 is 34.5 Å². The molecule has 1 aromatic carbocycles. The molecule has 1 aliphatic rings. The van der Waals surface area contributed by atoms with Crippen LogP contribution in [0.3, 0.4) is 0 Å². The Bertz CT molecular complexity index is 1230. The van der Waals surface area contributed by atoms with Crippen LogP contribution in [-0.4, -0.2) is 71.0 Å². The van der Waals surface area contributed by atoms with Gasteiger partial charge in [0.05, 0.1) is 28.3 Å². The molecule has 1 saturated heterocycles. The smallest absolute Gasteiger partial charge is 0.341 e. The van der Waals surface area contributed by atoms with Gasteiger partial charge in [0.2, 0.25) is 10.0 Å². The summed E-state index contributed by atoms with van der Waals surface area (Å²) >= 11 is 1.25. The number of aryl methyl sites for hydroxylation is 1. The average molecular weight is 538 g/mol. The normalized spacial score (nSPS) is 13.6. The van der Waals surface area contributed by atoms with E-state index in [1.165, 1.54) is 37.6 Å². The van der Waals surface area contributed by atoms with E-state index in [0.29, 0.717) is 17.1 Å². The molecule has 1 aliphatic heterocycles. The summed E-state index contributed by atoms with van der Waals surface area (Å²) < 4.78 is 36.6. The van der Waals surface area contributed by atoms with Crippen LogP contribution in [0.25, 0.3) is 0 Å². The predicted molar refractivity (Wildman–Crippen MR) is 137 cm³/mol. The van der Waals surface area contributed by atoms with Gasteiger partial charge in [0.1, 0.15) is 5.00 Å². The van der Waals surface area contributed by atoms with Crippen molar-refractivity contribution in [2.75, 3.05) is 50.6 Å². The number of rotatable bonds is 10. The van der Waals surface area contributed by atoms with Gasteiger partial charge < -0.3 is 19.7 Å². The quantitative estimate of drug-likeness (QED) is 0.459. The van der Waals surface area contributed by atoms with E-state index in [2.05, 4.69) is 5.32 Å². The molecule has 0 radical (unpaired) electrons. The zero-order valence-electron chi connectivity index (χ0n) is 20.8. The molecule has 1 aromatic heterocycles. The molecule has 0 atom stereocenters. The van der Waals surface area contributed by atoms with Crippen LogP contribution in [0.15, 0.2) is 29.2 Å². The van der Waals surface area contributed by atoms with Crippen LogP contribution in [0, 0.1) is 0 Å². The number of benzene rings is 1. The third-order valence-corrected chi connectivity index (χ3v) is 8.63. The van der Waals surface area contributed by atoms with E-state index >= 15 is 0 Å². The summed E-state index contributed by atoms with van der Waals surface area (Å²) in [6, 6.07) is 6.02. The number of ether oxygens (including phenoxy) is 2. The highest BCUT2D eigenvalue weighted by Gasteiger charge is 2.26. The molecule has 36 heavy (non-hydrogen) atoms. The number of esters is 2. The largest absolute Gasteiger partial charge is 0.462 e. The maximum atomic E-state index is 13.0. The molecule has 12 heteroatoms. The number of nitrogens with one attached hydrogen (secondary N) is 1. The molecule has 3 rings (SSSR count). The lowest BCUT2D eigenvalue weighted by atomic mass is 10.1. The van der Waals surface area contributed by atoms with Crippen molar-refractivity contribution in [3.63, 3.8) is 0 Å². The maximum Gasteiger partial charge on any atom is 0.341 e. The van der Waals surface area contributed by atoms with Crippen molar-refractivity contribution >= 4 is 49.9 Å². The molecule has 10 nitrogen and oxygen atoms in total. The molecule has 2 aromatic rings. The SMILES string of the molecule is CCOC(=O)c1cc(CC)sc1NC(=O)COC(=O)c1cc(S(=O)(=O)N(C)C)ccc1N1CCCC1. The zero-order chi connectivity index (χ0) is 26.5. The van der Waals surface area contributed by atoms with Crippen molar-refractivity contribution in [1.82, 2.24) is 4.31 Å². The second-order valence-corrected chi connectivity index (χ2v) is 11.6. The van der Waals surface area contributed by atoms with Crippen LogP contribution in [-0.2, 0) is 30.7 Å². The molecule has 1 amide bonds. The van der Waals surface area contributed by atoms with Gasteiger partial charge in [0.15, 0.2) is 6.61 Å². The third-order valence-electron chi connectivity index (χ3n) is 5.63. The predicted octanol–water partition coefficient (Wildman–Crippen LogP) is 3.13. The first-order valence-electron chi connectivity index (χ1n) is 11.7. The third kappa shape index (κ3) is 6.23. The van der Waals surface area contributed by atoms with E-state index in [9.17, 15) is 22.8 Å². The number of hydrogen-bond acceptors (Lipinski definition) is 9. The van der Waals surface area contributed by atoms with Crippen molar-refractivity contribution in [1.29, 1.82) is 0 Å². The van der Waals surface area contributed by atoms with Crippen LogP contribution in [0.1, 0.15) is 52.3 Å². The van der Waals surface area contributed by atoms with Crippen molar-refractivity contribution in [3.8, 4) is 0 Å². The molecule has 0 unspecified atom stereocenters. The maximum absolute atomic E-state index is 13.0. The number of anilines is 2. The summed E-state index contributed by atoms with van der Waals surface area (Å²) in [5.74, 6) is -1.98. The van der Waals surface area contributed by atoms with Gasteiger partial charge in [-0.25, -0.2) is 22.3 Å². The Hall–Kier alpha value is -2.96. The van der Waals surface area contributed by atoms with Crippen LogP contribution in [0.5, 0.6) is 0 Å². The lowest BCUT2D eigenvalue weighted by Gasteiger charge is -2.22. The molecule has 196 valence electrons. The molecule has 0 spiro atoms. The van der Waals surface area contributed by atoms with Gasteiger partial charge in [0, 0.05) is 32.1 Å². The molecule has 0 aliphatic carbocycles. The highest BCUT2D eigenvalue weighted by atomic mass is 32.2. The second kappa shape index (κ2) is 11.8. The van der Waals surface area contributed by atoms with Gasteiger partial charge in [-0.15, -0.1) is 11.3 Å². The minimum atomic E-state index is -3.78. The Morgan fingerprint density at radius 1 is 1.03 bits per heavy atom. The number of hydrogen-bond donors (Lipinski definition) is 1. The first-order valence-corrected chi connectivity index (χ1v) is 13.9. The number of thiophene rings is 1. The lowest BCUT2D eigenvalue weighted by Crippen LogP contribution is -2.26. The molecule has 1 fully saturated rings. The molecule has 0 bridgehead atoms. The number of carbonyl (C=O) groups excluding carboxylic acids is 3. The highest BCUT2D eigenvalue weighted by molar-refractivity contribution is 7.89. The lowest BCUT2D eigenvalue weighted by molar-refractivity contribution is -0.119. The first-order chi connectivity index (χ1) is 17.1. The van der Waals surface area contributed by atoms with Gasteiger partial charge in [-0.1, -0.05) is 6.92 Å². The summed E-state index contributed by atoms with van der Waals surface area (Å²) in [5.41, 5.74) is 0.881. The number of nitrogens with zero attached hydrogens (tertiary/aromatic N) is 2. The van der Waals surface area contributed by atoms with Crippen LogP contribution >= 0.6 is 11.3 Å². The fourth-order valence-corrected chi connectivity index (χ4v) is 5.65. The van der Waals surface area contributed by atoms with Crippen molar-refractivity contribution in [2.24, 2.45) is 0 Å². The Balaban J connectivity index is 1.79. The summed E-state index contributed by atoms with van der Waals surface area (Å²) in [7, 11) is -0.962. The van der Waals surface area contributed by atoms with E-state index in [1.54, 1.807) is 19.1 Å². The highest BCUT2D eigenvalue weighted by Crippen LogP contribution is 2.30. The van der Waals surface area contributed by atoms with Crippen LogP contribution in [0.2, 0.25) is 0 Å². The fraction of sp³-hybridized carbons (Fsp3) is 0.458. The first kappa shape index (κ1) is 27.6. The van der Waals surface area contributed by atoms with E-state index in [1.807, 2.05) is 11.8 Å². The van der Waals surface area contributed by atoms with E-state index in [4.69, 9.17) is 9.47 Å². The fourth-order valence-electron chi connectivity index (χ4n) is 3.72. The second-order valence-electron chi connectivity index (χ2n) is 8.31. The minimum absolute atomic E-state index is 0.0448. The van der Waals surface area contributed by atoms with Crippen LogP contribution in [0.4, 0.5) is 10.7 Å². The minimum Gasteiger partial charge on any atom is -0.462 e. The van der Waals surface area contributed by atoms with Gasteiger partial charge >= 0.3 is 11.9 Å². The standard InChI is InChI=1S/C24H31N3O7S2/c1-5-16-13-19(24(30)33-6-2)22(35-16)25-21(28)15-34-23(29)18-14-17(36(31,32)26(3)4)9-10-20(18)27-11-7-8-12-27/h9-10,13-14H,5-8,11-12,15H2,1-4H3,(H,25,28). The van der Waals surface area contributed by atoms with Gasteiger partial charge in [-0.05, 0) is 50.5 Å². The van der Waals surface area contributed by atoms with Crippen molar-refractivity contribution < 1.29 is 32.3 Å². The van der Waals surface area contributed by atoms with Crippen LogP contribution < -0.4 is 10.2 Å². The molecule has 2 heterocycles. The summed E-state index contributed by atoms with van der Waals surface area (Å²) in [4.78, 5) is 40.7. The monoisotopic (exact) mass is 537 g/mol. The Morgan fingerprint density at radius 3 is 2.31 bits per heavy atom. The van der Waals surface area contributed by atoms with Crippen molar-refractivity contribution in [2.45, 2.75) is 38.0 Å². The Kier molecular flexibility index (Phi) is 9.09. The Labute approximate surface area is 215 Å². The molecule has 0 saturated carbocycles. The number of carbonyl (C=O) groups is 3. The van der Waals surface area contributed by atoms with Gasteiger partial charge in [-0.3, -0.25) is 4.79 Å². The topological polar surface area (TPSA) is 122 Å². The number of amides is 1. The zero-order valence-corrected chi connectivity index (χ0v) is 22.5. The average Bonchev–Trinajstić information content (AvgIpc) is 3.52. The van der Waals surface area contributed by atoms with Gasteiger partial charge in [0.25, 0.3) is 5.91 Å². The molecular weight excluding hydrogens is 506 g/mol. The number of sulfonamides is 1. The van der Waals surface area contributed by atoms with E-state index in [0.717, 1.165) is 35.1 Å². The molecular formula is C24H31N3O7S2. The van der Waals surface area contributed by atoms with Gasteiger partial charge in [-0.2, -0.15) is 0 Å². The summed E-state index contributed by atoms with van der Waals surface area (Å²) in [5, 5.41) is 2.94.